The summed E-state index contributed by atoms with van der Waals surface area (Å²) in [6.45, 7) is 0. The Morgan fingerprint density at radius 2 is 2.13 bits per heavy atom. The van der Waals surface area contributed by atoms with Gasteiger partial charge in [-0.1, -0.05) is 11.6 Å². The van der Waals surface area contributed by atoms with Gasteiger partial charge in [-0.05, 0) is 18.2 Å². The van der Waals surface area contributed by atoms with Crippen molar-refractivity contribution >= 4 is 21.6 Å². The van der Waals surface area contributed by atoms with E-state index in [4.69, 9.17) is 16.3 Å². The van der Waals surface area contributed by atoms with E-state index < -0.39 is 15.7 Å². The fourth-order valence-corrected chi connectivity index (χ4v) is 3.36. The molecule has 0 radical (unpaired) electrons. The number of sulfonamides is 1. The van der Waals surface area contributed by atoms with Crippen molar-refractivity contribution < 1.29 is 13.2 Å². The highest BCUT2D eigenvalue weighted by molar-refractivity contribution is 7.89. The summed E-state index contributed by atoms with van der Waals surface area (Å²) in [5, 5.41) is 0.384. The predicted molar refractivity (Wildman–Crippen MR) is 54.4 cm³/mol. The van der Waals surface area contributed by atoms with E-state index in [9.17, 15) is 8.42 Å². The maximum absolute atomic E-state index is 11.8. The molecule has 0 amide bonds. The van der Waals surface area contributed by atoms with E-state index >= 15 is 0 Å². The van der Waals surface area contributed by atoms with Gasteiger partial charge >= 0.3 is 0 Å². The molecule has 1 saturated carbocycles. The summed E-state index contributed by atoms with van der Waals surface area (Å²) in [4.78, 5) is 0.118. The lowest BCUT2D eigenvalue weighted by molar-refractivity contribution is 0.153. The topological polar surface area (TPSA) is 55.4 Å². The van der Waals surface area contributed by atoms with Crippen LogP contribution in [0.1, 0.15) is 12.8 Å². The van der Waals surface area contributed by atoms with E-state index in [0.29, 0.717) is 23.6 Å². The minimum absolute atomic E-state index is 0.118. The van der Waals surface area contributed by atoms with Crippen molar-refractivity contribution in [1.29, 1.82) is 0 Å². The Labute approximate surface area is 92.2 Å². The molecule has 0 atom stereocenters. The van der Waals surface area contributed by atoms with E-state index in [2.05, 4.69) is 4.72 Å². The van der Waals surface area contributed by atoms with E-state index in [0.717, 1.165) is 0 Å². The SMILES string of the molecule is O=S1(=O)NC2(CC2)Oc2ccc(Cl)cc21. The van der Waals surface area contributed by atoms with Crippen molar-refractivity contribution in [2.75, 3.05) is 0 Å². The normalized spacial score (nSPS) is 24.3. The Balaban J connectivity index is 2.21. The van der Waals surface area contributed by atoms with Crippen LogP contribution in [0.2, 0.25) is 5.02 Å². The quantitative estimate of drug-likeness (QED) is 0.754. The molecule has 1 N–H and O–H groups in total. The van der Waals surface area contributed by atoms with Gasteiger partial charge in [0, 0.05) is 17.9 Å². The number of nitrogens with one attached hydrogen (secondary N) is 1. The zero-order valence-corrected chi connectivity index (χ0v) is 9.23. The van der Waals surface area contributed by atoms with Gasteiger partial charge in [-0.2, -0.15) is 4.72 Å². The molecule has 1 aliphatic heterocycles. The van der Waals surface area contributed by atoms with Gasteiger partial charge in [0.2, 0.25) is 10.0 Å². The first-order chi connectivity index (χ1) is 7.01. The third-order valence-electron chi connectivity index (χ3n) is 2.53. The summed E-state index contributed by atoms with van der Waals surface area (Å²) in [5.74, 6) is 0.385. The lowest BCUT2D eigenvalue weighted by atomic mass is 10.3. The van der Waals surface area contributed by atoms with Gasteiger partial charge in [-0.15, -0.1) is 0 Å². The van der Waals surface area contributed by atoms with E-state index in [1.165, 1.54) is 6.07 Å². The van der Waals surface area contributed by atoms with Crippen molar-refractivity contribution in [3.8, 4) is 5.75 Å². The number of hydrogen-bond acceptors (Lipinski definition) is 3. The van der Waals surface area contributed by atoms with Crippen LogP contribution in [0, 0.1) is 0 Å². The molecule has 0 bridgehead atoms. The molecule has 1 aromatic carbocycles. The average molecular weight is 246 g/mol. The Bertz CT molecular complexity index is 536. The summed E-state index contributed by atoms with van der Waals surface area (Å²) >= 11 is 5.74. The largest absolute Gasteiger partial charge is 0.470 e. The van der Waals surface area contributed by atoms with Crippen LogP contribution in [-0.4, -0.2) is 14.1 Å². The van der Waals surface area contributed by atoms with E-state index in [1.54, 1.807) is 12.1 Å². The highest BCUT2D eigenvalue weighted by Gasteiger charge is 2.52. The van der Waals surface area contributed by atoms with Crippen LogP contribution >= 0.6 is 11.6 Å². The minimum Gasteiger partial charge on any atom is -0.470 e. The van der Waals surface area contributed by atoms with Crippen molar-refractivity contribution in [2.24, 2.45) is 0 Å². The maximum Gasteiger partial charge on any atom is 0.247 e. The molecule has 80 valence electrons. The molecule has 4 nitrogen and oxygen atoms in total. The molecule has 1 heterocycles. The summed E-state index contributed by atoms with van der Waals surface area (Å²) in [6, 6.07) is 4.61. The second-order valence-corrected chi connectivity index (χ2v) is 5.88. The molecule has 3 rings (SSSR count). The molecule has 2 aliphatic rings. The van der Waals surface area contributed by atoms with Gasteiger partial charge in [-0.25, -0.2) is 8.42 Å². The summed E-state index contributed by atoms with van der Waals surface area (Å²) in [6.07, 6.45) is 1.43. The molecular formula is C9H8ClNO3S. The molecule has 6 heteroatoms. The molecule has 0 saturated heterocycles. The molecule has 1 fully saturated rings. The smallest absolute Gasteiger partial charge is 0.247 e. The van der Waals surface area contributed by atoms with Crippen LogP contribution in [0.5, 0.6) is 5.75 Å². The van der Waals surface area contributed by atoms with Crippen molar-refractivity contribution in [3.63, 3.8) is 0 Å². The van der Waals surface area contributed by atoms with Gasteiger partial charge in [-0.3, -0.25) is 0 Å². The second-order valence-electron chi connectivity index (χ2n) is 3.79. The number of hydrogen-bond donors (Lipinski definition) is 1. The molecule has 1 aliphatic carbocycles. The predicted octanol–water partition coefficient (Wildman–Crippen LogP) is 1.50. The van der Waals surface area contributed by atoms with Crippen molar-refractivity contribution in [3.05, 3.63) is 23.2 Å². The number of halogens is 1. The minimum atomic E-state index is -3.47. The van der Waals surface area contributed by atoms with Crippen molar-refractivity contribution in [2.45, 2.75) is 23.5 Å². The standard InChI is InChI=1S/C9H8ClNO3S/c10-6-1-2-7-8(5-6)15(12,13)11-9(14-7)3-4-9/h1-2,5,11H,3-4H2. The van der Waals surface area contributed by atoms with Crippen LogP contribution in [0.15, 0.2) is 23.1 Å². The van der Waals surface area contributed by atoms with E-state index in [-0.39, 0.29) is 4.90 Å². The zero-order valence-electron chi connectivity index (χ0n) is 7.66. The summed E-state index contributed by atoms with van der Waals surface area (Å²) < 4.78 is 31.8. The Morgan fingerprint density at radius 3 is 2.80 bits per heavy atom. The zero-order chi connectivity index (χ0) is 10.7. The van der Waals surface area contributed by atoms with Crippen LogP contribution in [-0.2, 0) is 10.0 Å². The highest BCUT2D eigenvalue weighted by atomic mass is 35.5. The van der Waals surface area contributed by atoms with Crippen LogP contribution < -0.4 is 9.46 Å². The Hall–Kier alpha value is -0.780. The first-order valence-corrected chi connectivity index (χ1v) is 6.40. The molecule has 1 aromatic rings. The first-order valence-electron chi connectivity index (χ1n) is 4.53. The number of benzene rings is 1. The number of ether oxygens (including phenoxy) is 1. The van der Waals surface area contributed by atoms with Gasteiger partial charge in [0.25, 0.3) is 0 Å². The molecule has 15 heavy (non-hydrogen) atoms. The highest BCUT2D eigenvalue weighted by Crippen LogP contribution is 2.45. The summed E-state index contributed by atoms with van der Waals surface area (Å²) in [5.41, 5.74) is -0.681. The molecular weight excluding hydrogens is 238 g/mol. The summed E-state index contributed by atoms with van der Waals surface area (Å²) in [7, 11) is -3.47. The second kappa shape index (κ2) is 2.66. The molecule has 0 unspecified atom stereocenters. The lowest BCUT2D eigenvalue weighted by Crippen LogP contribution is -2.45. The van der Waals surface area contributed by atoms with Gasteiger partial charge in [0.05, 0.1) is 0 Å². The monoisotopic (exact) mass is 245 g/mol. The lowest BCUT2D eigenvalue weighted by Gasteiger charge is -2.26. The number of fused-ring (bicyclic) bond motifs is 1. The molecule has 1 spiro atoms. The van der Waals surface area contributed by atoms with Crippen molar-refractivity contribution in [1.82, 2.24) is 4.72 Å². The van der Waals surface area contributed by atoms with E-state index in [1.807, 2.05) is 0 Å². The maximum atomic E-state index is 11.8. The van der Waals surface area contributed by atoms with Crippen LogP contribution in [0.3, 0.4) is 0 Å². The van der Waals surface area contributed by atoms with Gasteiger partial charge < -0.3 is 4.74 Å². The average Bonchev–Trinajstić information content (AvgIpc) is 2.86. The third-order valence-corrected chi connectivity index (χ3v) is 4.30. The third kappa shape index (κ3) is 1.42. The van der Waals surface area contributed by atoms with Gasteiger partial charge in [0.1, 0.15) is 10.6 Å². The van der Waals surface area contributed by atoms with Crippen LogP contribution in [0.25, 0.3) is 0 Å². The fraction of sp³-hybridized carbons (Fsp3) is 0.333. The fourth-order valence-electron chi connectivity index (χ4n) is 1.63. The first kappa shape index (κ1) is 9.45. The number of rotatable bonds is 0. The molecule has 0 aromatic heterocycles. The van der Waals surface area contributed by atoms with Crippen LogP contribution in [0.4, 0.5) is 0 Å². The Morgan fingerprint density at radius 1 is 1.40 bits per heavy atom. The Kier molecular flexibility index (Phi) is 1.68. The van der Waals surface area contributed by atoms with Gasteiger partial charge in [0.15, 0.2) is 5.72 Å².